The van der Waals surface area contributed by atoms with E-state index in [9.17, 15) is 14.4 Å². The van der Waals surface area contributed by atoms with Gasteiger partial charge in [-0.1, -0.05) is 247 Å². The van der Waals surface area contributed by atoms with E-state index in [1.54, 1.807) is 0 Å². The van der Waals surface area contributed by atoms with Crippen molar-refractivity contribution in [3.8, 4) is 0 Å². The summed E-state index contributed by atoms with van der Waals surface area (Å²) in [6.07, 6.45) is 45.3. The molecule has 0 radical (unpaired) electrons. The molecule has 0 saturated carbocycles. The van der Waals surface area contributed by atoms with Crippen LogP contribution in [0.15, 0.2) is 0 Å². The Morgan fingerprint density at radius 3 is 0.845 bits per heavy atom. The number of carbonyl (C=O) groups excluding carboxylic acids is 3. The molecule has 0 aromatic carbocycles. The van der Waals surface area contributed by atoms with Gasteiger partial charge in [0.1, 0.15) is 13.2 Å². The van der Waals surface area contributed by atoms with E-state index in [1.807, 2.05) is 0 Å². The fraction of sp³-hybridized carbons (Fsp3) is 0.942. The van der Waals surface area contributed by atoms with Crippen molar-refractivity contribution >= 4 is 17.9 Å². The lowest BCUT2D eigenvalue weighted by molar-refractivity contribution is -0.167. The molecule has 6 heteroatoms. The van der Waals surface area contributed by atoms with Crippen LogP contribution in [0.2, 0.25) is 0 Å². The smallest absolute Gasteiger partial charge is 0.306 e. The second-order valence-corrected chi connectivity index (χ2v) is 18.8. The highest BCUT2D eigenvalue weighted by atomic mass is 16.6. The molecule has 0 spiro atoms. The first-order valence-corrected chi connectivity index (χ1v) is 25.7. The molecule has 344 valence electrons. The van der Waals surface area contributed by atoms with Crippen LogP contribution in [0, 0.1) is 11.8 Å². The SMILES string of the molecule is CCCCCCCCCCCCCCCCCCCC(=O)OC[C@H](COC(=O)CCCCCCCCCCCCC(C)C)OC(=O)CCCCCCCCCC(C)C. The van der Waals surface area contributed by atoms with Crippen LogP contribution in [-0.2, 0) is 28.6 Å². The molecule has 6 nitrogen and oxygen atoms in total. The number of rotatable bonds is 46. The molecule has 0 saturated heterocycles. The average Bonchev–Trinajstić information content (AvgIpc) is 3.19. The van der Waals surface area contributed by atoms with Crippen molar-refractivity contribution in [1.29, 1.82) is 0 Å². The molecule has 0 aromatic rings. The predicted molar refractivity (Wildman–Crippen MR) is 247 cm³/mol. The molecule has 0 amide bonds. The van der Waals surface area contributed by atoms with Crippen LogP contribution in [0.3, 0.4) is 0 Å². The Hall–Kier alpha value is -1.59. The molecule has 0 unspecified atom stereocenters. The third-order valence-corrected chi connectivity index (χ3v) is 11.7. The van der Waals surface area contributed by atoms with E-state index in [2.05, 4.69) is 34.6 Å². The van der Waals surface area contributed by atoms with Gasteiger partial charge in [0, 0.05) is 19.3 Å². The number of ether oxygens (including phenoxy) is 3. The Kier molecular flexibility index (Phi) is 43.7. The lowest BCUT2D eigenvalue weighted by Gasteiger charge is -2.18. The predicted octanol–water partition coefficient (Wildman–Crippen LogP) is 16.5. The van der Waals surface area contributed by atoms with Gasteiger partial charge in [0.05, 0.1) is 0 Å². The van der Waals surface area contributed by atoms with E-state index >= 15 is 0 Å². The second kappa shape index (κ2) is 44.9. The molecule has 0 aliphatic rings. The van der Waals surface area contributed by atoms with Gasteiger partial charge in [-0.15, -0.1) is 0 Å². The minimum Gasteiger partial charge on any atom is -0.462 e. The largest absolute Gasteiger partial charge is 0.462 e. The molecular formula is C52H100O6. The van der Waals surface area contributed by atoms with Gasteiger partial charge in [-0.3, -0.25) is 14.4 Å². The van der Waals surface area contributed by atoms with Crippen LogP contribution in [0.4, 0.5) is 0 Å². The first-order chi connectivity index (χ1) is 28.2. The molecular weight excluding hydrogens is 721 g/mol. The summed E-state index contributed by atoms with van der Waals surface area (Å²) in [5.74, 6) is 0.744. The van der Waals surface area contributed by atoms with Gasteiger partial charge in [-0.25, -0.2) is 0 Å². The third kappa shape index (κ3) is 45.5. The quantitative estimate of drug-likeness (QED) is 0.0346. The molecule has 0 aliphatic heterocycles. The van der Waals surface area contributed by atoms with Gasteiger partial charge in [0.2, 0.25) is 0 Å². The van der Waals surface area contributed by atoms with E-state index < -0.39 is 6.10 Å². The van der Waals surface area contributed by atoms with Crippen LogP contribution >= 0.6 is 0 Å². The number of hydrogen-bond donors (Lipinski definition) is 0. The molecule has 0 aromatic heterocycles. The summed E-state index contributed by atoms with van der Waals surface area (Å²) in [5, 5.41) is 0. The van der Waals surface area contributed by atoms with Crippen molar-refractivity contribution in [1.82, 2.24) is 0 Å². The summed E-state index contributed by atoms with van der Waals surface area (Å²) < 4.78 is 16.8. The lowest BCUT2D eigenvalue weighted by atomic mass is 10.0. The van der Waals surface area contributed by atoms with Crippen molar-refractivity contribution in [2.24, 2.45) is 11.8 Å². The van der Waals surface area contributed by atoms with E-state index in [0.717, 1.165) is 69.6 Å². The maximum atomic E-state index is 12.7. The second-order valence-electron chi connectivity index (χ2n) is 18.8. The van der Waals surface area contributed by atoms with Gasteiger partial charge in [-0.2, -0.15) is 0 Å². The van der Waals surface area contributed by atoms with E-state index in [4.69, 9.17) is 14.2 Å². The third-order valence-electron chi connectivity index (χ3n) is 11.7. The van der Waals surface area contributed by atoms with Gasteiger partial charge < -0.3 is 14.2 Å². The summed E-state index contributed by atoms with van der Waals surface area (Å²) >= 11 is 0. The van der Waals surface area contributed by atoms with Crippen molar-refractivity contribution in [3.63, 3.8) is 0 Å². The summed E-state index contributed by atoms with van der Waals surface area (Å²) in [6.45, 7) is 11.3. The van der Waals surface area contributed by atoms with Crippen molar-refractivity contribution in [2.75, 3.05) is 13.2 Å². The Bertz CT molecular complexity index is 885. The Balaban J connectivity index is 4.26. The molecule has 1 atom stereocenters. The normalized spacial score (nSPS) is 12.1. The lowest BCUT2D eigenvalue weighted by Crippen LogP contribution is -2.30. The zero-order chi connectivity index (χ0) is 42.6. The Morgan fingerprint density at radius 1 is 0.328 bits per heavy atom. The van der Waals surface area contributed by atoms with Crippen LogP contribution in [0.25, 0.3) is 0 Å². The van der Waals surface area contributed by atoms with Crippen molar-refractivity contribution in [2.45, 2.75) is 291 Å². The van der Waals surface area contributed by atoms with Crippen LogP contribution in [0.1, 0.15) is 285 Å². The number of unbranched alkanes of at least 4 members (excludes halogenated alkanes) is 31. The van der Waals surface area contributed by atoms with Gasteiger partial charge in [-0.05, 0) is 31.1 Å². The first-order valence-electron chi connectivity index (χ1n) is 25.7. The van der Waals surface area contributed by atoms with E-state index in [0.29, 0.717) is 19.3 Å². The van der Waals surface area contributed by atoms with Crippen molar-refractivity contribution < 1.29 is 28.6 Å². The zero-order valence-corrected chi connectivity index (χ0v) is 39.7. The van der Waals surface area contributed by atoms with Gasteiger partial charge in [0.25, 0.3) is 0 Å². The summed E-state index contributed by atoms with van der Waals surface area (Å²) in [6, 6.07) is 0. The minimum absolute atomic E-state index is 0.0646. The Labute approximate surface area is 361 Å². The topological polar surface area (TPSA) is 78.9 Å². The molecule has 0 fully saturated rings. The maximum Gasteiger partial charge on any atom is 0.306 e. The highest BCUT2D eigenvalue weighted by molar-refractivity contribution is 5.71. The summed E-state index contributed by atoms with van der Waals surface area (Å²) in [4.78, 5) is 37.9. The average molecular weight is 821 g/mol. The van der Waals surface area contributed by atoms with E-state index in [1.165, 1.54) is 173 Å². The first kappa shape index (κ1) is 56.4. The van der Waals surface area contributed by atoms with Crippen LogP contribution in [-0.4, -0.2) is 37.2 Å². The van der Waals surface area contributed by atoms with Crippen LogP contribution < -0.4 is 0 Å². The highest BCUT2D eigenvalue weighted by Gasteiger charge is 2.19. The number of esters is 3. The Morgan fingerprint density at radius 2 is 0.569 bits per heavy atom. The zero-order valence-electron chi connectivity index (χ0n) is 39.7. The summed E-state index contributed by atoms with van der Waals surface area (Å²) in [7, 11) is 0. The van der Waals surface area contributed by atoms with Crippen molar-refractivity contribution in [3.05, 3.63) is 0 Å². The van der Waals surface area contributed by atoms with Gasteiger partial charge >= 0.3 is 17.9 Å². The number of carbonyl (C=O) groups is 3. The molecule has 0 rings (SSSR count). The monoisotopic (exact) mass is 821 g/mol. The summed E-state index contributed by atoms with van der Waals surface area (Å²) in [5.41, 5.74) is 0. The van der Waals surface area contributed by atoms with E-state index in [-0.39, 0.29) is 31.1 Å². The standard InChI is InChI=1S/C52H100O6/c1-6-7-8-9-10-11-12-13-14-15-16-17-18-22-27-32-37-42-50(53)56-45-49(58-52(55)44-39-34-29-24-26-31-36-41-48(4)5)46-57-51(54)43-38-33-28-23-20-19-21-25-30-35-40-47(2)3/h47-49H,6-46H2,1-5H3/t49-/m1/s1. The molecule has 0 aliphatic carbocycles. The van der Waals surface area contributed by atoms with Crippen LogP contribution in [0.5, 0.6) is 0 Å². The number of hydrogen-bond acceptors (Lipinski definition) is 6. The molecule has 58 heavy (non-hydrogen) atoms. The highest BCUT2D eigenvalue weighted by Crippen LogP contribution is 2.17. The van der Waals surface area contributed by atoms with Gasteiger partial charge in [0.15, 0.2) is 6.10 Å². The minimum atomic E-state index is -0.762. The molecule has 0 N–H and O–H groups in total. The molecule has 0 bridgehead atoms. The fourth-order valence-electron chi connectivity index (χ4n) is 7.81. The molecule has 0 heterocycles. The maximum absolute atomic E-state index is 12.7. The fourth-order valence-corrected chi connectivity index (χ4v) is 7.81.